The molecule has 1 fully saturated rings. The molecule has 0 amide bonds. The van der Waals surface area contributed by atoms with Crippen LogP contribution in [0.5, 0.6) is 0 Å². The van der Waals surface area contributed by atoms with Gasteiger partial charge in [-0.15, -0.1) is 0 Å². The summed E-state index contributed by atoms with van der Waals surface area (Å²) in [5, 5.41) is 0. The predicted octanol–water partition coefficient (Wildman–Crippen LogP) is 2.22. The molecule has 0 N–H and O–H groups in total. The van der Waals surface area contributed by atoms with Crippen molar-refractivity contribution in [3.05, 3.63) is 24.3 Å². The SMILES string of the molecule is COCC1CN(c2ccc(S(=O)(=O)C(F)(F)F)cc2)CC(C)O1. The highest BCUT2D eigenvalue weighted by Gasteiger charge is 2.46. The van der Waals surface area contributed by atoms with E-state index in [1.807, 2.05) is 11.8 Å². The lowest BCUT2D eigenvalue weighted by atomic mass is 10.2. The highest BCUT2D eigenvalue weighted by Crippen LogP contribution is 2.31. The van der Waals surface area contributed by atoms with E-state index in [1.54, 1.807) is 7.11 Å². The number of rotatable bonds is 4. The Labute approximate surface area is 132 Å². The van der Waals surface area contributed by atoms with Crippen LogP contribution in [-0.2, 0) is 19.3 Å². The van der Waals surface area contributed by atoms with Gasteiger partial charge in [-0.3, -0.25) is 0 Å². The summed E-state index contributed by atoms with van der Waals surface area (Å²) in [5.41, 5.74) is -4.66. The van der Waals surface area contributed by atoms with E-state index < -0.39 is 20.2 Å². The van der Waals surface area contributed by atoms with Gasteiger partial charge in [-0.25, -0.2) is 8.42 Å². The van der Waals surface area contributed by atoms with Gasteiger partial charge in [0.1, 0.15) is 0 Å². The molecule has 0 spiro atoms. The minimum absolute atomic E-state index is 0.0671. The number of hydrogen-bond donors (Lipinski definition) is 0. The lowest BCUT2D eigenvalue weighted by Crippen LogP contribution is -2.48. The third kappa shape index (κ3) is 3.96. The molecule has 23 heavy (non-hydrogen) atoms. The van der Waals surface area contributed by atoms with Crippen LogP contribution in [0, 0.1) is 0 Å². The van der Waals surface area contributed by atoms with Crippen LogP contribution in [0.2, 0.25) is 0 Å². The van der Waals surface area contributed by atoms with Crippen molar-refractivity contribution in [1.29, 1.82) is 0 Å². The zero-order chi connectivity index (χ0) is 17.3. The molecule has 0 saturated carbocycles. The van der Waals surface area contributed by atoms with E-state index in [-0.39, 0.29) is 12.2 Å². The molecule has 2 rings (SSSR count). The minimum atomic E-state index is -5.32. The van der Waals surface area contributed by atoms with Crippen LogP contribution in [0.15, 0.2) is 29.2 Å². The molecule has 0 bridgehead atoms. The molecule has 0 aliphatic carbocycles. The standard InChI is InChI=1S/C14H18F3NO4S/c1-10-7-18(8-12(22-10)9-21-2)11-3-5-13(6-4-11)23(19,20)14(15,16)17/h3-6,10,12H,7-9H2,1-2H3. The van der Waals surface area contributed by atoms with E-state index in [4.69, 9.17) is 9.47 Å². The molecule has 1 aromatic carbocycles. The number of methoxy groups -OCH3 is 1. The number of ether oxygens (including phenoxy) is 2. The van der Waals surface area contributed by atoms with Crippen molar-refractivity contribution < 1.29 is 31.1 Å². The Morgan fingerprint density at radius 1 is 1.26 bits per heavy atom. The molecule has 0 aromatic heterocycles. The maximum Gasteiger partial charge on any atom is 0.501 e. The summed E-state index contributed by atoms with van der Waals surface area (Å²) in [6.45, 7) is 3.37. The molecule has 2 atom stereocenters. The molecular weight excluding hydrogens is 335 g/mol. The normalized spacial score (nSPS) is 23.1. The molecule has 1 aliphatic rings. The number of nitrogens with zero attached hydrogens (tertiary/aromatic N) is 1. The second-order valence-corrected chi connectivity index (χ2v) is 7.31. The lowest BCUT2D eigenvalue weighted by Gasteiger charge is -2.38. The Morgan fingerprint density at radius 3 is 2.39 bits per heavy atom. The number of halogens is 3. The van der Waals surface area contributed by atoms with Crippen molar-refractivity contribution >= 4 is 15.5 Å². The van der Waals surface area contributed by atoms with Gasteiger partial charge in [-0.1, -0.05) is 0 Å². The Balaban J connectivity index is 2.19. The number of alkyl halides is 3. The van der Waals surface area contributed by atoms with Gasteiger partial charge >= 0.3 is 5.51 Å². The molecule has 9 heteroatoms. The zero-order valence-corrected chi connectivity index (χ0v) is 13.5. The summed E-state index contributed by atoms with van der Waals surface area (Å²) in [6, 6.07) is 4.70. The maximum absolute atomic E-state index is 12.5. The van der Waals surface area contributed by atoms with Crippen molar-refractivity contribution in [1.82, 2.24) is 0 Å². The van der Waals surface area contributed by atoms with Crippen LogP contribution in [-0.4, -0.2) is 52.9 Å². The highest BCUT2D eigenvalue weighted by molar-refractivity contribution is 7.92. The second-order valence-electron chi connectivity index (χ2n) is 5.37. The van der Waals surface area contributed by atoms with Gasteiger partial charge in [0.25, 0.3) is 9.84 Å². The van der Waals surface area contributed by atoms with Gasteiger partial charge in [-0.05, 0) is 31.2 Å². The summed E-state index contributed by atoms with van der Waals surface area (Å²) in [7, 11) is -3.76. The quantitative estimate of drug-likeness (QED) is 0.831. The third-order valence-electron chi connectivity index (χ3n) is 3.50. The second kappa shape index (κ2) is 6.66. The summed E-state index contributed by atoms with van der Waals surface area (Å²) in [6.07, 6.45) is -0.218. The Kier molecular flexibility index (Phi) is 5.22. The zero-order valence-electron chi connectivity index (χ0n) is 12.7. The topological polar surface area (TPSA) is 55.8 Å². The molecule has 2 unspecified atom stereocenters. The number of anilines is 1. The first-order valence-corrected chi connectivity index (χ1v) is 8.44. The van der Waals surface area contributed by atoms with Crippen molar-refractivity contribution in [3.63, 3.8) is 0 Å². The van der Waals surface area contributed by atoms with Crippen LogP contribution < -0.4 is 4.90 Å². The average Bonchev–Trinajstić information content (AvgIpc) is 2.46. The molecule has 1 heterocycles. The summed E-state index contributed by atoms with van der Waals surface area (Å²) < 4.78 is 71.1. The number of benzene rings is 1. The van der Waals surface area contributed by atoms with Gasteiger partial charge in [0.15, 0.2) is 0 Å². The first kappa shape index (κ1) is 18.0. The summed E-state index contributed by atoms with van der Waals surface area (Å²) >= 11 is 0. The predicted molar refractivity (Wildman–Crippen MR) is 78.1 cm³/mol. The number of sulfone groups is 1. The first-order valence-electron chi connectivity index (χ1n) is 6.96. The van der Waals surface area contributed by atoms with E-state index in [2.05, 4.69) is 0 Å². The van der Waals surface area contributed by atoms with Crippen molar-refractivity contribution in [2.75, 3.05) is 31.7 Å². The van der Waals surface area contributed by atoms with E-state index in [0.717, 1.165) is 12.1 Å². The van der Waals surface area contributed by atoms with Gasteiger partial charge < -0.3 is 14.4 Å². The van der Waals surface area contributed by atoms with Gasteiger partial charge in [0, 0.05) is 25.9 Å². The van der Waals surface area contributed by atoms with E-state index >= 15 is 0 Å². The molecule has 130 valence electrons. The smallest absolute Gasteiger partial charge is 0.382 e. The maximum atomic E-state index is 12.5. The largest absolute Gasteiger partial charge is 0.501 e. The fourth-order valence-corrected chi connectivity index (χ4v) is 3.27. The van der Waals surface area contributed by atoms with Crippen LogP contribution in [0.25, 0.3) is 0 Å². The molecule has 1 aromatic rings. The average molecular weight is 353 g/mol. The molecule has 0 radical (unpaired) electrons. The molecule has 1 aliphatic heterocycles. The van der Waals surface area contributed by atoms with Crippen LogP contribution in [0.3, 0.4) is 0 Å². The monoisotopic (exact) mass is 353 g/mol. The molecule has 5 nitrogen and oxygen atoms in total. The fourth-order valence-electron chi connectivity index (χ4n) is 2.50. The molecule has 1 saturated heterocycles. The number of hydrogen-bond acceptors (Lipinski definition) is 5. The van der Waals surface area contributed by atoms with Crippen LogP contribution in [0.1, 0.15) is 6.92 Å². The van der Waals surface area contributed by atoms with Crippen molar-refractivity contribution in [2.45, 2.75) is 29.5 Å². The Morgan fingerprint density at radius 2 is 1.87 bits per heavy atom. The lowest BCUT2D eigenvalue weighted by molar-refractivity contribution is -0.0510. The summed E-state index contributed by atoms with van der Waals surface area (Å²) in [4.78, 5) is 1.17. The van der Waals surface area contributed by atoms with E-state index in [1.165, 1.54) is 12.1 Å². The van der Waals surface area contributed by atoms with Gasteiger partial charge in [-0.2, -0.15) is 13.2 Å². The third-order valence-corrected chi connectivity index (χ3v) is 5.00. The first-order chi connectivity index (χ1) is 10.6. The van der Waals surface area contributed by atoms with Crippen molar-refractivity contribution in [3.8, 4) is 0 Å². The van der Waals surface area contributed by atoms with E-state index in [9.17, 15) is 21.6 Å². The highest BCUT2D eigenvalue weighted by atomic mass is 32.2. The van der Waals surface area contributed by atoms with Crippen molar-refractivity contribution in [2.24, 2.45) is 0 Å². The fraction of sp³-hybridized carbons (Fsp3) is 0.571. The van der Waals surface area contributed by atoms with Crippen LogP contribution >= 0.6 is 0 Å². The molecular formula is C14H18F3NO4S. The van der Waals surface area contributed by atoms with Gasteiger partial charge in [0.05, 0.1) is 23.7 Å². The van der Waals surface area contributed by atoms with Gasteiger partial charge in [0.2, 0.25) is 0 Å². The number of morpholine rings is 1. The Hall–Kier alpha value is -1.32. The van der Waals surface area contributed by atoms with E-state index in [0.29, 0.717) is 25.4 Å². The summed E-state index contributed by atoms with van der Waals surface area (Å²) in [5.74, 6) is 0. The minimum Gasteiger partial charge on any atom is -0.382 e. The Bertz CT molecular complexity index is 630. The van der Waals surface area contributed by atoms with Crippen LogP contribution in [0.4, 0.5) is 18.9 Å².